The number of benzene rings is 2. The van der Waals surface area contributed by atoms with Crippen LogP contribution in [0.2, 0.25) is 0 Å². The third-order valence-electron chi connectivity index (χ3n) is 4.47. The second-order valence-corrected chi connectivity index (χ2v) is 6.19. The van der Waals surface area contributed by atoms with E-state index in [1.54, 1.807) is 0 Å². The minimum absolute atomic E-state index is 0.00835. The van der Waals surface area contributed by atoms with Gasteiger partial charge in [0.05, 0.1) is 18.3 Å². The van der Waals surface area contributed by atoms with Gasteiger partial charge in [0.15, 0.2) is 0 Å². The lowest BCUT2D eigenvalue weighted by atomic mass is 10.1. The highest BCUT2D eigenvalue weighted by atomic mass is 16.2. The van der Waals surface area contributed by atoms with E-state index in [2.05, 4.69) is 45.6 Å². The summed E-state index contributed by atoms with van der Waals surface area (Å²) in [6.07, 6.45) is 1.84. The van der Waals surface area contributed by atoms with E-state index in [4.69, 9.17) is 0 Å². The van der Waals surface area contributed by atoms with Crippen molar-refractivity contribution < 1.29 is 4.79 Å². The normalized spacial score (nSPS) is 11.0. The molecule has 0 radical (unpaired) electrons. The number of nitrogens with zero attached hydrogens (tertiary/aromatic N) is 2. The van der Waals surface area contributed by atoms with E-state index in [-0.39, 0.29) is 5.91 Å². The summed E-state index contributed by atoms with van der Waals surface area (Å²) in [5.41, 5.74) is 3.97. The maximum absolute atomic E-state index is 12.2. The number of rotatable bonds is 8. The van der Waals surface area contributed by atoms with Crippen molar-refractivity contribution in [3.05, 3.63) is 54.2 Å². The van der Waals surface area contributed by atoms with Gasteiger partial charge in [0, 0.05) is 23.3 Å². The van der Waals surface area contributed by atoms with Crippen molar-refractivity contribution in [3.8, 4) is 0 Å². The molecule has 0 aliphatic carbocycles. The summed E-state index contributed by atoms with van der Waals surface area (Å²) in [5.74, 6) is 0.00835. The molecular weight excluding hydrogens is 326 g/mol. The van der Waals surface area contributed by atoms with E-state index in [1.807, 2.05) is 42.6 Å². The fourth-order valence-electron chi connectivity index (χ4n) is 2.94. The molecular formula is C20H25N5O. The first-order valence-electron chi connectivity index (χ1n) is 8.96. The Balaban J connectivity index is 1.62. The van der Waals surface area contributed by atoms with Crippen LogP contribution in [0.3, 0.4) is 0 Å². The first-order valence-corrected chi connectivity index (χ1v) is 8.96. The third kappa shape index (κ3) is 4.40. The zero-order valence-electron chi connectivity index (χ0n) is 15.2. The number of hydrogen-bond acceptors (Lipinski definition) is 4. The van der Waals surface area contributed by atoms with Crippen LogP contribution < -0.4 is 10.6 Å². The molecule has 136 valence electrons. The number of anilines is 2. The molecule has 1 heterocycles. The van der Waals surface area contributed by atoms with Crippen molar-refractivity contribution in [2.45, 2.75) is 20.4 Å². The van der Waals surface area contributed by atoms with Crippen LogP contribution in [0, 0.1) is 0 Å². The summed E-state index contributed by atoms with van der Waals surface area (Å²) < 4.78 is 0. The standard InChI is InChI=1S/C20H25N5O/c1-3-25(4-2)14-20(26)23-17-9-6-8-16(11-17)21-12-15-7-5-10-19-18(15)13-22-24-19/h5-11,13,21H,3-4,12,14H2,1-2H3,(H,22,24)(H,23,26). The van der Waals surface area contributed by atoms with Crippen molar-refractivity contribution in [1.82, 2.24) is 15.1 Å². The van der Waals surface area contributed by atoms with E-state index in [0.717, 1.165) is 35.4 Å². The predicted octanol–water partition coefficient (Wildman–Crippen LogP) is 3.46. The van der Waals surface area contributed by atoms with Crippen molar-refractivity contribution in [2.24, 2.45) is 0 Å². The van der Waals surface area contributed by atoms with Gasteiger partial charge in [-0.15, -0.1) is 0 Å². The number of aromatic amines is 1. The number of carbonyl (C=O) groups excluding carboxylic acids is 1. The zero-order valence-corrected chi connectivity index (χ0v) is 15.2. The Labute approximate surface area is 153 Å². The third-order valence-corrected chi connectivity index (χ3v) is 4.47. The molecule has 3 N–H and O–H groups in total. The molecule has 0 aliphatic heterocycles. The first-order chi connectivity index (χ1) is 12.7. The lowest BCUT2D eigenvalue weighted by molar-refractivity contribution is -0.117. The van der Waals surface area contributed by atoms with Crippen molar-refractivity contribution in [2.75, 3.05) is 30.3 Å². The number of nitrogens with one attached hydrogen (secondary N) is 3. The lowest BCUT2D eigenvalue weighted by Gasteiger charge is -2.17. The van der Waals surface area contributed by atoms with Gasteiger partial charge in [0.25, 0.3) is 0 Å². The first kappa shape index (κ1) is 17.9. The van der Waals surface area contributed by atoms with E-state index in [1.165, 1.54) is 5.56 Å². The van der Waals surface area contributed by atoms with Crippen LogP contribution in [0.4, 0.5) is 11.4 Å². The molecule has 2 aromatic carbocycles. The number of likely N-dealkylation sites (N-methyl/N-ethyl adjacent to an activating group) is 1. The molecule has 26 heavy (non-hydrogen) atoms. The second kappa shape index (κ2) is 8.49. The summed E-state index contributed by atoms with van der Waals surface area (Å²) in [4.78, 5) is 14.3. The highest BCUT2D eigenvalue weighted by molar-refractivity contribution is 5.92. The Bertz CT molecular complexity index is 869. The molecule has 6 nitrogen and oxygen atoms in total. The van der Waals surface area contributed by atoms with Gasteiger partial charge in [-0.25, -0.2) is 0 Å². The van der Waals surface area contributed by atoms with Crippen LogP contribution in [-0.2, 0) is 11.3 Å². The van der Waals surface area contributed by atoms with Gasteiger partial charge in [0.2, 0.25) is 5.91 Å². The topological polar surface area (TPSA) is 73.1 Å². The molecule has 3 rings (SSSR count). The molecule has 6 heteroatoms. The summed E-state index contributed by atoms with van der Waals surface area (Å²) in [6.45, 7) is 6.95. The Morgan fingerprint density at radius 2 is 1.88 bits per heavy atom. The van der Waals surface area contributed by atoms with E-state index >= 15 is 0 Å². The van der Waals surface area contributed by atoms with Crippen LogP contribution in [0.5, 0.6) is 0 Å². The van der Waals surface area contributed by atoms with Gasteiger partial charge in [-0.2, -0.15) is 5.10 Å². The van der Waals surface area contributed by atoms with Gasteiger partial charge in [0.1, 0.15) is 0 Å². The predicted molar refractivity (Wildman–Crippen MR) is 106 cm³/mol. The highest BCUT2D eigenvalue weighted by Crippen LogP contribution is 2.19. The van der Waals surface area contributed by atoms with E-state index < -0.39 is 0 Å². The number of hydrogen-bond donors (Lipinski definition) is 3. The molecule has 0 saturated carbocycles. The maximum atomic E-state index is 12.2. The quantitative estimate of drug-likeness (QED) is 0.581. The molecule has 0 aliphatic rings. The summed E-state index contributed by atoms with van der Waals surface area (Å²) in [6, 6.07) is 13.9. The van der Waals surface area contributed by atoms with Gasteiger partial charge >= 0.3 is 0 Å². The van der Waals surface area contributed by atoms with Gasteiger partial charge < -0.3 is 10.6 Å². The fraction of sp³-hybridized carbons (Fsp3) is 0.300. The van der Waals surface area contributed by atoms with Crippen LogP contribution in [-0.4, -0.2) is 40.6 Å². The minimum atomic E-state index is 0.00835. The van der Waals surface area contributed by atoms with Crippen LogP contribution >= 0.6 is 0 Å². The minimum Gasteiger partial charge on any atom is -0.381 e. The Hall–Kier alpha value is -2.86. The molecule has 0 fully saturated rings. The van der Waals surface area contributed by atoms with Crippen molar-refractivity contribution >= 4 is 28.2 Å². The van der Waals surface area contributed by atoms with Crippen LogP contribution in [0.15, 0.2) is 48.7 Å². The average molecular weight is 351 g/mol. The number of fused-ring (bicyclic) bond motifs is 1. The molecule has 0 atom stereocenters. The summed E-state index contributed by atoms with van der Waals surface area (Å²) in [7, 11) is 0. The fourth-order valence-corrected chi connectivity index (χ4v) is 2.94. The largest absolute Gasteiger partial charge is 0.381 e. The zero-order chi connectivity index (χ0) is 18.4. The van der Waals surface area contributed by atoms with Gasteiger partial charge in [-0.05, 0) is 42.9 Å². The Morgan fingerprint density at radius 3 is 2.69 bits per heavy atom. The molecule has 0 unspecified atom stereocenters. The highest BCUT2D eigenvalue weighted by Gasteiger charge is 2.08. The monoisotopic (exact) mass is 351 g/mol. The summed E-state index contributed by atoms with van der Waals surface area (Å²) in [5, 5.41) is 14.6. The Kier molecular flexibility index (Phi) is 5.86. The van der Waals surface area contributed by atoms with Gasteiger partial charge in [-0.1, -0.05) is 32.0 Å². The number of amides is 1. The smallest absolute Gasteiger partial charge is 0.238 e. The molecule has 0 saturated heterocycles. The molecule has 1 amide bonds. The molecule has 3 aromatic rings. The average Bonchev–Trinajstić information content (AvgIpc) is 3.14. The lowest BCUT2D eigenvalue weighted by Crippen LogP contribution is -2.32. The number of carbonyl (C=O) groups is 1. The van der Waals surface area contributed by atoms with Crippen molar-refractivity contribution in [1.29, 1.82) is 0 Å². The number of aromatic nitrogens is 2. The SMILES string of the molecule is CCN(CC)CC(=O)Nc1cccc(NCc2cccc3[nH]ncc23)c1. The Morgan fingerprint density at radius 1 is 1.12 bits per heavy atom. The summed E-state index contributed by atoms with van der Waals surface area (Å²) >= 11 is 0. The second-order valence-electron chi connectivity index (χ2n) is 6.19. The molecule has 1 aromatic heterocycles. The maximum Gasteiger partial charge on any atom is 0.238 e. The van der Waals surface area contributed by atoms with Crippen LogP contribution in [0.25, 0.3) is 10.9 Å². The molecule has 0 bridgehead atoms. The van der Waals surface area contributed by atoms with E-state index in [0.29, 0.717) is 13.1 Å². The number of H-pyrrole nitrogens is 1. The van der Waals surface area contributed by atoms with Gasteiger partial charge in [-0.3, -0.25) is 14.8 Å². The van der Waals surface area contributed by atoms with Crippen molar-refractivity contribution in [3.63, 3.8) is 0 Å². The van der Waals surface area contributed by atoms with E-state index in [9.17, 15) is 4.79 Å². The molecule has 0 spiro atoms. The van der Waals surface area contributed by atoms with Crippen LogP contribution in [0.1, 0.15) is 19.4 Å².